The Hall–Kier alpha value is -2.93. The van der Waals surface area contributed by atoms with Crippen LogP contribution in [-0.2, 0) is 17.0 Å². The summed E-state index contributed by atoms with van der Waals surface area (Å²) in [6, 6.07) is 15.9. The zero-order chi connectivity index (χ0) is 20.5. The van der Waals surface area contributed by atoms with Gasteiger partial charge >= 0.3 is 0 Å². The van der Waals surface area contributed by atoms with Crippen LogP contribution in [0.1, 0.15) is 11.1 Å². The minimum atomic E-state index is 0.0450. The lowest BCUT2D eigenvalue weighted by Gasteiger charge is -2.10. The second kappa shape index (κ2) is 10.6. The third-order valence-corrected chi connectivity index (χ3v) is 5.39. The van der Waals surface area contributed by atoms with Crippen molar-refractivity contribution in [2.24, 2.45) is 0 Å². The minimum Gasteiger partial charge on any atom is -0.493 e. The van der Waals surface area contributed by atoms with Gasteiger partial charge in [0, 0.05) is 24.7 Å². The number of amides is 1. The summed E-state index contributed by atoms with van der Waals surface area (Å²) in [6.45, 7) is 0.591. The van der Waals surface area contributed by atoms with Crippen molar-refractivity contribution in [1.82, 2.24) is 15.1 Å². The first-order valence-electron chi connectivity index (χ1n) is 9.34. The number of carbonyl (C=O) groups excluding carboxylic acids is 1. The van der Waals surface area contributed by atoms with Gasteiger partial charge in [-0.3, -0.25) is 4.79 Å². The van der Waals surface area contributed by atoms with Crippen molar-refractivity contribution >= 4 is 17.7 Å². The van der Waals surface area contributed by atoms with E-state index in [4.69, 9.17) is 9.47 Å². The van der Waals surface area contributed by atoms with Crippen molar-refractivity contribution in [2.45, 2.75) is 12.2 Å². The molecule has 29 heavy (non-hydrogen) atoms. The topological polar surface area (TPSA) is 65.4 Å². The summed E-state index contributed by atoms with van der Waals surface area (Å²) in [4.78, 5) is 12.1. The van der Waals surface area contributed by atoms with Gasteiger partial charge in [0.15, 0.2) is 11.5 Å². The summed E-state index contributed by atoms with van der Waals surface area (Å²) in [5, 5.41) is 7.18. The lowest BCUT2D eigenvalue weighted by atomic mass is 10.1. The van der Waals surface area contributed by atoms with Crippen LogP contribution in [0.25, 0.3) is 5.69 Å². The van der Waals surface area contributed by atoms with Crippen LogP contribution in [0, 0.1) is 0 Å². The summed E-state index contributed by atoms with van der Waals surface area (Å²) >= 11 is 1.60. The second-order valence-electron chi connectivity index (χ2n) is 6.40. The third kappa shape index (κ3) is 6.02. The Kier molecular flexibility index (Phi) is 7.58. The molecule has 0 fully saturated rings. The molecule has 3 rings (SSSR count). The van der Waals surface area contributed by atoms with Gasteiger partial charge in [-0.15, -0.1) is 11.8 Å². The molecule has 6 nitrogen and oxygen atoms in total. The van der Waals surface area contributed by atoms with Crippen molar-refractivity contribution in [1.29, 1.82) is 0 Å². The van der Waals surface area contributed by atoms with Gasteiger partial charge in [-0.1, -0.05) is 18.2 Å². The highest BCUT2D eigenvalue weighted by molar-refractivity contribution is 7.99. The normalized spacial score (nSPS) is 10.6. The molecule has 3 aromatic rings. The Bertz CT molecular complexity index is 912. The zero-order valence-electron chi connectivity index (χ0n) is 16.6. The fourth-order valence-corrected chi connectivity index (χ4v) is 3.68. The number of nitrogens with one attached hydrogen (secondary N) is 1. The second-order valence-corrected chi connectivity index (χ2v) is 7.38. The lowest BCUT2D eigenvalue weighted by Crippen LogP contribution is -2.27. The Morgan fingerprint density at radius 1 is 1.07 bits per heavy atom. The van der Waals surface area contributed by atoms with Gasteiger partial charge in [-0.25, -0.2) is 4.68 Å². The zero-order valence-corrected chi connectivity index (χ0v) is 17.4. The highest BCUT2D eigenvalue weighted by Crippen LogP contribution is 2.27. The first-order chi connectivity index (χ1) is 14.2. The van der Waals surface area contributed by atoms with Crippen LogP contribution < -0.4 is 14.8 Å². The summed E-state index contributed by atoms with van der Waals surface area (Å²) in [5.74, 6) is 2.68. The first-order valence-corrected chi connectivity index (χ1v) is 10.5. The Labute approximate surface area is 175 Å². The molecule has 0 aliphatic heterocycles. The SMILES string of the molecule is COc1ccc(CCNC(=O)CSCc2ccc(-n3cccn3)cc2)cc1OC. The van der Waals surface area contributed by atoms with Crippen LogP contribution in [0.2, 0.25) is 0 Å². The van der Waals surface area contributed by atoms with Crippen LogP contribution >= 0.6 is 11.8 Å². The average Bonchev–Trinajstić information content (AvgIpc) is 3.29. The minimum absolute atomic E-state index is 0.0450. The van der Waals surface area contributed by atoms with Gasteiger partial charge in [0.05, 0.1) is 25.7 Å². The number of aromatic nitrogens is 2. The van der Waals surface area contributed by atoms with Gasteiger partial charge < -0.3 is 14.8 Å². The van der Waals surface area contributed by atoms with E-state index in [2.05, 4.69) is 22.5 Å². The summed E-state index contributed by atoms with van der Waals surface area (Å²) in [6.07, 6.45) is 4.41. The molecule has 0 bridgehead atoms. The number of rotatable bonds is 10. The van der Waals surface area contributed by atoms with E-state index in [0.717, 1.165) is 23.4 Å². The number of nitrogens with zero attached hydrogens (tertiary/aromatic N) is 2. The molecular weight excluding hydrogens is 386 g/mol. The molecule has 0 spiro atoms. The standard InChI is InChI=1S/C22H25N3O3S/c1-27-20-9-6-17(14-21(20)28-2)10-12-23-22(26)16-29-15-18-4-7-19(8-5-18)25-13-3-11-24-25/h3-9,11,13-14H,10,12,15-16H2,1-2H3,(H,23,26). The monoisotopic (exact) mass is 411 g/mol. The average molecular weight is 412 g/mol. The molecule has 0 aliphatic carbocycles. The third-order valence-electron chi connectivity index (χ3n) is 4.39. The van der Waals surface area contributed by atoms with Crippen LogP contribution in [0.15, 0.2) is 60.9 Å². The number of hydrogen-bond donors (Lipinski definition) is 1. The van der Waals surface area contributed by atoms with Gasteiger partial charge in [0.1, 0.15) is 0 Å². The summed E-state index contributed by atoms with van der Waals surface area (Å²) < 4.78 is 12.4. The largest absolute Gasteiger partial charge is 0.493 e. The molecule has 1 heterocycles. The summed E-state index contributed by atoms with van der Waals surface area (Å²) in [5.41, 5.74) is 3.30. The maximum absolute atomic E-state index is 12.1. The van der Waals surface area contributed by atoms with Crippen LogP contribution in [-0.4, -0.2) is 42.2 Å². The molecular formula is C22H25N3O3S. The highest BCUT2D eigenvalue weighted by atomic mass is 32.2. The molecule has 2 aromatic carbocycles. The van der Waals surface area contributed by atoms with Crippen molar-refractivity contribution in [3.8, 4) is 17.2 Å². The van der Waals surface area contributed by atoms with E-state index in [-0.39, 0.29) is 5.91 Å². The predicted octanol–water partition coefficient (Wildman–Crippen LogP) is 3.48. The van der Waals surface area contributed by atoms with E-state index < -0.39 is 0 Å². The molecule has 152 valence electrons. The molecule has 0 unspecified atom stereocenters. The molecule has 0 atom stereocenters. The maximum Gasteiger partial charge on any atom is 0.230 e. The molecule has 0 saturated heterocycles. The van der Waals surface area contributed by atoms with Crippen molar-refractivity contribution in [3.63, 3.8) is 0 Å². The van der Waals surface area contributed by atoms with E-state index in [1.54, 1.807) is 32.2 Å². The van der Waals surface area contributed by atoms with E-state index in [1.807, 2.05) is 47.3 Å². The predicted molar refractivity (Wildman–Crippen MR) is 116 cm³/mol. The number of hydrogen-bond acceptors (Lipinski definition) is 5. The van der Waals surface area contributed by atoms with Gasteiger partial charge in [0.2, 0.25) is 5.91 Å². The number of benzene rings is 2. The lowest BCUT2D eigenvalue weighted by molar-refractivity contribution is -0.118. The van der Waals surface area contributed by atoms with Crippen molar-refractivity contribution in [3.05, 3.63) is 72.1 Å². The van der Waals surface area contributed by atoms with E-state index in [1.165, 1.54) is 5.56 Å². The van der Waals surface area contributed by atoms with E-state index in [0.29, 0.717) is 23.8 Å². The van der Waals surface area contributed by atoms with Crippen LogP contribution in [0.3, 0.4) is 0 Å². The highest BCUT2D eigenvalue weighted by Gasteiger charge is 2.06. The Balaban J connectivity index is 1.37. The quantitative estimate of drug-likeness (QED) is 0.553. The molecule has 7 heteroatoms. The Morgan fingerprint density at radius 2 is 1.83 bits per heavy atom. The summed E-state index contributed by atoms with van der Waals surface area (Å²) in [7, 11) is 3.23. The fraction of sp³-hybridized carbons (Fsp3) is 0.273. The smallest absolute Gasteiger partial charge is 0.230 e. The van der Waals surface area contributed by atoms with E-state index >= 15 is 0 Å². The first kappa shape index (κ1) is 20.8. The molecule has 0 aliphatic rings. The van der Waals surface area contributed by atoms with Crippen LogP contribution in [0.4, 0.5) is 0 Å². The number of carbonyl (C=O) groups is 1. The van der Waals surface area contributed by atoms with Crippen molar-refractivity contribution < 1.29 is 14.3 Å². The molecule has 1 aromatic heterocycles. The molecule has 0 saturated carbocycles. The molecule has 0 radical (unpaired) electrons. The number of methoxy groups -OCH3 is 2. The van der Waals surface area contributed by atoms with Crippen molar-refractivity contribution in [2.75, 3.05) is 26.5 Å². The maximum atomic E-state index is 12.1. The molecule has 1 N–H and O–H groups in total. The Morgan fingerprint density at radius 3 is 2.52 bits per heavy atom. The van der Waals surface area contributed by atoms with Gasteiger partial charge in [-0.05, 0) is 47.9 Å². The van der Waals surface area contributed by atoms with Gasteiger partial charge in [0.25, 0.3) is 0 Å². The van der Waals surface area contributed by atoms with E-state index in [9.17, 15) is 4.79 Å². The van der Waals surface area contributed by atoms with Crippen LogP contribution in [0.5, 0.6) is 11.5 Å². The molecule has 1 amide bonds. The fourth-order valence-electron chi connectivity index (χ4n) is 2.86. The number of ether oxygens (including phenoxy) is 2. The van der Waals surface area contributed by atoms with Gasteiger partial charge in [-0.2, -0.15) is 5.10 Å². The number of thioether (sulfide) groups is 1.